The molecule has 3 aromatic rings. The van der Waals surface area contributed by atoms with E-state index >= 15 is 0 Å². The van der Waals surface area contributed by atoms with Gasteiger partial charge in [-0.15, -0.1) is 0 Å². The van der Waals surface area contributed by atoms with Crippen LogP contribution in [0.25, 0.3) is 10.8 Å². The smallest absolute Gasteiger partial charge is 0.135 e. The van der Waals surface area contributed by atoms with Crippen LogP contribution in [-0.4, -0.2) is 0 Å². The molecule has 20 heavy (non-hydrogen) atoms. The Kier molecular flexibility index (Phi) is 3.59. The van der Waals surface area contributed by atoms with E-state index in [0.29, 0.717) is 6.54 Å². The van der Waals surface area contributed by atoms with Crippen LogP contribution in [0.3, 0.4) is 0 Å². The second-order valence-electron chi connectivity index (χ2n) is 4.54. The summed E-state index contributed by atoms with van der Waals surface area (Å²) in [7, 11) is 0. The molecule has 0 unspecified atom stereocenters. The van der Waals surface area contributed by atoms with Gasteiger partial charge in [-0.25, -0.2) is 0 Å². The van der Waals surface area contributed by atoms with Crippen molar-refractivity contribution >= 4 is 22.4 Å². The van der Waals surface area contributed by atoms with E-state index in [1.165, 1.54) is 0 Å². The molecule has 3 rings (SSSR count). The lowest BCUT2D eigenvalue weighted by Crippen LogP contribution is -1.96. The molecular weight excluding hydrogens is 270 g/mol. The highest BCUT2D eigenvalue weighted by Gasteiger charge is 2.06. The van der Waals surface area contributed by atoms with Crippen molar-refractivity contribution in [3.05, 3.63) is 71.2 Å². The molecule has 2 N–H and O–H groups in total. The van der Waals surface area contributed by atoms with Gasteiger partial charge >= 0.3 is 0 Å². The van der Waals surface area contributed by atoms with E-state index in [0.717, 1.165) is 32.9 Å². The molecule has 3 aromatic carbocycles. The first-order chi connectivity index (χ1) is 9.78. The Morgan fingerprint density at radius 1 is 0.900 bits per heavy atom. The Morgan fingerprint density at radius 3 is 2.50 bits per heavy atom. The van der Waals surface area contributed by atoms with Crippen molar-refractivity contribution in [1.82, 2.24) is 0 Å². The van der Waals surface area contributed by atoms with Crippen molar-refractivity contribution in [1.29, 1.82) is 0 Å². The van der Waals surface area contributed by atoms with Gasteiger partial charge in [-0.05, 0) is 29.8 Å². The predicted molar refractivity (Wildman–Crippen MR) is 83.4 cm³/mol. The molecule has 0 saturated heterocycles. The Labute approximate surface area is 122 Å². The summed E-state index contributed by atoms with van der Waals surface area (Å²) in [4.78, 5) is 0. The highest BCUT2D eigenvalue weighted by Crippen LogP contribution is 2.34. The van der Waals surface area contributed by atoms with Gasteiger partial charge in [-0.3, -0.25) is 0 Å². The lowest BCUT2D eigenvalue weighted by atomic mass is 10.1. The van der Waals surface area contributed by atoms with Gasteiger partial charge in [0, 0.05) is 22.3 Å². The van der Waals surface area contributed by atoms with Crippen LogP contribution in [0.2, 0.25) is 5.02 Å². The highest BCUT2D eigenvalue weighted by atomic mass is 35.5. The van der Waals surface area contributed by atoms with Crippen LogP contribution < -0.4 is 10.5 Å². The second-order valence-corrected chi connectivity index (χ2v) is 4.95. The largest absolute Gasteiger partial charge is 0.457 e. The summed E-state index contributed by atoms with van der Waals surface area (Å²) in [6, 6.07) is 19.5. The van der Waals surface area contributed by atoms with E-state index in [-0.39, 0.29) is 0 Å². The normalized spacial score (nSPS) is 10.7. The summed E-state index contributed by atoms with van der Waals surface area (Å²) in [5.41, 5.74) is 6.69. The van der Waals surface area contributed by atoms with Gasteiger partial charge in [0.2, 0.25) is 0 Å². The Morgan fingerprint density at radius 2 is 1.70 bits per heavy atom. The molecule has 0 aliphatic carbocycles. The summed E-state index contributed by atoms with van der Waals surface area (Å²) in [6.07, 6.45) is 0. The maximum absolute atomic E-state index is 6.21. The Balaban J connectivity index is 2.04. The lowest BCUT2D eigenvalue weighted by molar-refractivity contribution is 0.487. The summed E-state index contributed by atoms with van der Waals surface area (Å²) >= 11 is 6.21. The summed E-state index contributed by atoms with van der Waals surface area (Å²) in [6.45, 7) is 0.499. The van der Waals surface area contributed by atoms with E-state index < -0.39 is 0 Å². The second kappa shape index (κ2) is 5.53. The minimum atomic E-state index is 0.499. The minimum Gasteiger partial charge on any atom is -0.457 e. The third-order valence-corrected chi connectivity index (χ3v) is 3.52. The lowest BCUT2D eigenvalue weighted by Gasteiger charge is -2.10. The number of nitrogens with two attached hydrogens (primary N) is 1. The van der Waals surface area contributed by atoms with Gasteiger partial charge in [0.05, 0.1) is 0 Å². The fourth-order valence-electron chi connectivity index (χ4n) is 2.19. The fraction of sp³-hybridized carbons (Fsp3) is 0.0588. The first-order valence-corrected chi connectivity index (χ1v) is 6.80. The maximum Gasteiger partial charge on any atom is 0.135 e. The molecule has 100 valence electrons. The van der Waals surface area contributed by atoms with Crippen LogP contribution in [0.15, 0.2) is 60.7 Å². The average Bonchev–Trinajstić information content (AvgIpc) is 2.51. The number of halogens is 1. The van der Waals surface area contributed by atoms with Crippen molar-refractivity contribution in [3.63, 3.8) is 0 Å². The first-order valence-electron chi connectivity index (χ1n) is 6.42. The van der Waals surface area contributed by atoms with Crippen LogP contribution in [0.5, 0.6) is 11.5 Å². The van der Waals surface area contributed by atoms with E-state index in [1.54, 1.807) is 0 Å². The number of fused-ring (bicyclic) bond motifs is 1. The quantitative estimate of drug-likeness (QED) is 0.753. The number of benzene rings is 3. The van der Waals surface area contributed by atoms with Crippen molar-refractivity contribution in [3.8, 4) is 11.5 Å². The summed E-state index contributed by atoms with van der Waals surface area (Å²) < 4.78 is 5.97. The van der Waals surface area contributed by atoms with Gasteiger partial charge in [0.1, 0.15) is 11.5 Å². The number of rotatable bonds is 3. The molecule has 2 nitrogen and oxygen atoms in total. The Hall–Kier alpha value is -2.03. The van der Waals surface area contributed by atoms with Crippen LogP contribution in [0.4, 0.5) is 0 Å². The zero-order valence-electron chi connectivity index (χ0n) is 10.8. The monoisotopic (exact) mass is 283 g/mol. The molecule has 0 heterocycles. The Bertz CT molecular complexity index is 755. The molecule has 0 fully saturated rings. The summed E-state index contributed by atoms with van der Waals surface area (Å²) in [5.74, 6) is 1.57. The number of hydrogen-bond donors (Lipinski definition) is 1. The third kappa shape index (κ3) is 2.48. The van der Waals surface area contributed by atoms with Gasteiger partial charge in [-0.1, -0.05) is 48.0 Å². The van der Waals surface area contributed by atoms with Crippen molar-refractivity contribution in [2.45, 2.75) is 6.54 Å². The average molecular weight is 284 g/mol. The topological polar surface area (TPSA) is 35.2 Å². The highest BCUT2D eigenvalue weighted by molar-refractivity contribution is 6.35. The van der Waals surface area contributed by atoms with Gasteiger partial charge in [-0.2, -0.15) is 0 Å². The standard InChI is InChI=1S/C17H14ClNO/c18-16-8-9-17(15-7-2-1-6-14(15)16)20-13-5-3-4-12(10-13)11-19/h1-10H,11,19H2. The zero-order valence-corrected chi connectivity index (χ0v) is 11.6. The maximum atomic E-state index is 6.21. The minimum absolute atomic E-state index is 0.499. The van der Waals surface area contributed by atoms with Crippen LogP contribution >= 0.6 is 11.6 Å². The molecule has 0 saturated carbocycles. The zero-order chi connectivity index (χ0) is 13.9. The van der Waals surface area contributed by atoms with E-state index in [9.17, 15) is 0 Å². The van der Waals surface area contributed by atoms with Crippen molar-refractivity contribution < 1.29 is 4.74 Å². The van der Waals surface area contributed by atoms with Crippen LogP contribution in [0.1, 0.15) is 5.56 Å². The SMILES string of the molecule is NCc1cccc(Oc2ccc(Cl)c3ccccc23)c1. The molecule has 3 heteroatoms. The van der Waals surface area contributed by atoms with Gasteiger partial charge in [0.15, 0.2) is 0 Å². The molecular formula is C17H14ClNO. The van der Waals surface area contributed by atoms with Gasteiger partial charge in [0.25, 0.3) is 0 Å². The predicted octanol–water partition coefficient (Wildman–Crippen LogP) is 4.74. The first kappa shape index (κ1) is 13.0. The molecule has 0 spiro atoms. The fourth-order valence-corrected chi connectivity index (χ4v) is 2.41. The van der Waals surface area contributed by atoms with E-state index in [2.05, 4.69) is 0 Å². The molecule has 0 bridgehead atoms. The molecule has 0 amide bonds. The van der Waals surface area contributed by atoms with Crippen molar-refractivity contribution in [2.75, 3.05) is 0 Å². The van der Waals surface area contributed by atoms with Gasteiger partial charge < -0.3 is 10.5 Å². The van der Waals surface area contributed by atoms with E-state index in [1.807, 2.05) is 60.7 Å². The van der Waals surface area contributed by atoms with Crippen LogP contribution in [-0.2, 0) is 6.54 Å². The molecule has 0 aliphatic rings. The number of hydrogen-bond acceptors (Lipinski definition) is 2. The summed E-state index contributed by atoms with van der Waals surface area (Å²) in [5, 5.41) is 2.71. The molecule has 0 aromatic heterocycles. The molecule has 0 aliphatic heterocycles. The molecule has 0 atom stereocenters. The van der Waals surface area contributed by atoms with Crippen molar-refractivity contribution in [2.24, 2.45) is 5.73 Å². The third-order valence-electron chi connectivity index (χ3n) is 3.19. The molecule has 0 radical (unpaired) electrons. The van der Waals surface area contributed by atoms with Crippen LogP contribution in [0, 0.1) is 0 Å². The number of ether oxygens (including phenoxy) is 1. The van der Waals surface area contributed by atoms with E-state index in [4.69, 9.17) is 22.1 Å².